The van der Waals surface area contributed by atoms with E-state index in [1.165, 1.54) is 5.56 Å². The summed E-state index contributed by atoms with van der Waals surface area (Å²) in [6, 6.07) is 17.6. The first kappa shape index (κ1) is 17.6. The molecule has 0 bridgehead atoms. The Labute approximate surface area is 161 Å². The van der Waals surface area contributed by atoms with E-state index in [-0.39, 0.29) is 6.42 Å². The molecule has 3 N–H and O–H groups in total. The average molecular weight is 373 g/mol. The van der Waals surface area contributed by atoms with Gasteiger partial charge in [0.15, 0.2) is 11.6 Å². The van der Waals surface area contributed by atoms with Crippen molar-refractivity contribution < 1.29 is 4.79 Å². The maximum Gasteiger partial charge on any atom is 0.225 e. The fourth-order valence-corrected chi connectivity index (χ4v) is 2.94. The van der Waals surface area contributed by atoms with E-state index in [1.54, 1.807) is 10.9 Å². The lowest BCUT2D eigenvalue weighted by Crippen LogP contribution is -2.15. The molecule has 3 aromatic heterocycles. The Morgan fingerprint density at radius 2 is 1.89 bits per heavy atom. The lowest BCUT2D eigenvalue weighted by atomic mass is 10.1. The number of H-pyrrole nitrogens is 1. The lowest BCUT2D eigenvalue weighted by Gasteiger charge is -2.04. The monoisotopic (exact) mass is 373 g/mol. The van der Waals surface area contributed by atoms with Crippen molar-refractivity contribution in [3.8, 4) is 22.9 Å². The van der Waals surface area contributed by atoms with Gasteiger partial charge in [-0.05, 0) is 30.2 Å². The predicted molar refractivity (Wildman–Crippen MR) is 104 cm³/mol. The summed E-state index contributed by atoms with van der Waals surface area (Å²) in [6.07, 6.45) is 2.50. The molecule has 4 rings (SSSR count). The van der Waals surface area contributed by atoms with Crippen molar-refractivity contribution in [2.45, 2.75) is 19.4 Å². The van der Waals surface area contributed by atoms with Crippen LogP contribution in [-0.4, -0.2) is 35.9 Å². The Morgan fingerprint density at radius 3 is 2.64 bits per heavy atom. The summed E-state index contributed by atoms with van der Waals surface area (Å²) < 4.78 is 1.78. The van der Waals surface area contributed by atoms with Crippen molar-refractivity contribution in [3.05, 3.63) is 72.2 Å². The molecule has 28 heavy (non-hydrogen) atoms. The molecule has 1 aromatic carbocycles. The van der Waals surface area contributed by atoms with Gasteiger partial charge in [0.1, 0.15) is 11.4 Å². The first-order valence-electron chi connectivity index (χ1n) is 8.92. The highest BCUT2D eigenvalue weighted by molar-refractivity contribution is 5.75. The molecule has 8 nitrogen and oxygen atoms in total. The molecular formula is C20H19N7O. The standard InChI is InChI=1S/C20H19N7O/c21-18(28)13-19-23-20(27(26-19)11-9-14-6-2-1-3-7-14)17-12-16(24-25-17)15-8-4-5-10-22-15/h1-8,10,12H,9,11,13H2,(H2,21,28)(H,24,25). The second-order valence-electron chi connectivity index (χ2n) is 6.34. The van der Waals surface area contributed by atoms with Crippen molar-refractivity contribution in [2.24, 2.45) is 5.73 Å². The molecule has 0 fully saturated rings. The van der Waals surface area contributed by atoms with E-state index < -0.39 is 5.91 Å². The third-order valence-electron chi connectivity index (χ3n) is 4.25. The number of pyridine rings is 1. The molecule has 0 saturated carbocycles. The van der Waals surface area contributed by atoms with Gasteiger partial charge in [0, 0.05) is 12.7 Å². The van der Waals surface area contributed by atoms with Gasteiger partial charge in [0.2, 0.25) is 5.91 Å². The molecule has 140 valence electrons. The molecule has 0 spiro atoms. The van der Waals surface area contributed by atoms with Crippen LogP contribution in [0.25, 0.3) is 22.9 Å². The fourth-order valence-electron chi connectivity index (χ4n) is 2.94. The van der Waals surface area contributed by atoms with Crippen molar-refractivity contribution >= 4 is 5.91 Å². The Morgan fingerprint density at radius 1 is 1.07 bits per heavy atom. The van der Waals surface area contributed by atoms with Gasteiger partial charge in [-0.25, -0.2) is 9.67 Å². The van der Waals surface area contributed by atoms with Gasteiger partial charge < -0.3 is 5.73 Å². The number of nitrogens with two attached hydrogens (primary N) is 1. The summed E-state index contributed by atoms with van der Waals surface area (Å²) in [5.74, 6) is 0.539. The highest BCUT2D eigenvalue weighted by atomic mass is 16.1. The Hall–Kier alpha value is -3.81. The molecule has 0 atom stereocenters. The van der Waals surface area contributed by atoms with E-state index >= 15 is 0 Å². The van der Waals surface area contributed by atoms with Crippen LogP contribution < -0.4 is 5.73 Å². The van der Waals surface area contributed by atoms with Crippen molar-refractivity contribution in [1.29, 1.82) is 0 Å². The number of amides is 1. The maximum absolute atomic E-state index is 11.3. The number of aromatic nitrogens is 6. The quantitative estimate of drug-likeness (QED) is 0.514. The number of carbonyl (C=O) groups is 1. The van der Waals surface area contributed by atoms with Crippen LogP contribution in [0.3, 0.4) is 0 Å². The molecule has 0 aliphatic heterocycles. The van der Waals surface area contributed by atoms with Gasteiger partial charge in [-0.3, -0.25) is 14.9 Å². The Bertz CT molecular complexity index is 1070. The number of aryl methyl sites for hydroxylation is 2. The van der Waals surface area contributed by atoms with Gasteiger partial charge in [-0.2, -0.15) is 10.2 Å². The van der Waals surface area contributed by atoms with E-state index in [0.29, 0.717) is 29.6 Å². The van der Waals surface area contributed by atoms with Crippen molar-refractivity contribution in [1.82, 2.24) is 29.9 Å². The normalized spacial score (nSPS) is 10.9. The zero-order valence-corrected chi connectivity index (χ0v) is 15.1. The maximum atomic E-state index is 11.3. The second-order valence-corrected chi connectivity index (χ2v) is 6.34. The topological polar surface area (TPSA) is 115 Å². The Balaban J connectivity index is 1.64. The number of hydrogen-bond donors (Lipinski definition) is 2. The van der Waals surface area contributed by atoms with Crippen LogP contribution in [0.5, 0.6) is 0 Å². The smallest absolute Gasteiger partial charge is 0.225 e. The molecule has 0 unspecified atom stereocenters. The summed E-state index contributed by atoms with van der Waals surface area (Å²) in [5.41, 5.74) is 8.68. The number of nitrogens with one attached hydrogen (secondary N) is 1. The zero-order chi connectivity index (χ0) is 19.3. The molecule has 8 heteroatoms. The van der Waals surface area contributed by atoms with Gasteiger partial charge in [0.25, 0.3) is 0 Å². The van der Waals surface area contributed by atoms with Crippen molar-refractivity contribution in [3.63, 3.8) is 0 Å². The first-order valence-corrected chi connectivity index (χ1v) is 8.92. The summed E-state index contributed by atoms with van der Waals surface area (Å²) in [7, 11) is 0. The lowest BCUT2D eigenvalue weighted by molar-refractivity contribution is -0.117. The number of benzene rings is 1. The largest absolute Gasteiger partial charge is 0.369 e. The van der Waals surface area contributed by atoms with Gasteiger partial charge in [-0.1, -0.05) is 36.4 Å². The molecule has 1 amide bonds. The van der Waals surface area contributed by atoms with Gasteiger partial charge >= 0.3 is 0 Å². The van der Waals surface area contributed by atoms with E-state index in [4.69, 9.17) is 5.73 Å². The number of aromatic amines is 1. The minimum atomic E-state index is -0.467. The van der Waals surface area contributed by atoms with Crippen LogP contribution in [0.4, 0.5) is 0 Å². The van der Waals surface area contributed by atoms with Gasteiger partial charge in [0.05, 0.1) is 12.1 Å². The molecule has 0 radical (unpaired) electrons. The van der Waals surface area contributed by atoms with E-state index in [1.807, 2.05) is 42.5 Å². The molecule has 3 heterocycles. The number of rotatable bonds is 7. The van der Waals surface area contributed by atoms with E-state index in [0.717, 1.165) is 12.1 Å². The highest BCUT2D eigenvalue weighted by Crippen LogP contribution is 2.22. The predicted octanol–water partition coefficient (Wildman–Crippen LogP) is 2.00. The summed E-state index contributed by atoms with van der Waals surface area (Å²) in [5, 5.41) is 11.8. The minimum Gasteiger partial charge on any atom is -0.369 e. The van der Waals surface area contributed by atoms with Crippen LogP contribution in [0.15, 0.2) is 60.8 Å². The molecule has 4 aromatic rings. The van der Waals surface area contributed by atoms with E-state index in [2.05, 4.69) is 37.4 Å². The van der Waals surface area contributed by atoms with Crippen LogP contribution in [0, 0.1) is 0 Å². The molecule has 0 aliphatic carbocycles. The first-order chi connectivity index (χ1) is 13.7. The summed E-state index contributed by atoms with van der Waals surface area (Å²) in [6.45, 7) is 0.614. The molecular weight excluding hydrogens is 354 g/mol. The number of carbonyl (C=O) groups excluding carboxylic acids is 1. The minimum absolute atomic E-state index is 0.00737. The van der Waals surface area contributed by atoms with E-state index in [9.17, 15) is 4.79 Å². The average Bonchev–Trinajstić information content (AvgIpc) is 3.34. The third kappa shape index (κ3) is 3.96. The third-order valence-corrected chi connectivity index (χ3v) is 4.25. The highest BCUT2D eigenvalue weighted by Gasteiger charge is 2.16. The number of hydrogen-bond acceptors (Lipinski definition) is 5. The van der Waals surface area contributed by atoms with Crippen LogP contribution in [0.1, 0.15) is 11.4 Å². The van der Waals surface area contributed by atoms with Crippen LogP contribution in [-0.2, 0) is 24.2 Å². The van der Waals surface area contributed by atoms with Crippen LogP contribution >= 0.6 is 0 Å². The summed E-state index contributed by atoms with van der Waals surface area (Å²) in [4.78, 5) is 20.1. The zero-order valence-electron chi connectivity index (χ0n) is 15.1. The SMILES string of the molecule is NC(=O)Cc1nc(-c2cc(-c3ccccn3)n[nH]2)n(CCc2ccccc2)n1. The van der Waals surface area contributed by atoms with Crippen LogP contribution in [0.2, 0.25) is 0 Å². The summed E-state index contributed by atoms with van der Waals surface area (Å²) >= 11 is 0. The fraction of sp³-hybridized carbons (Fsp3) is 0.150. The van der Waals surface area contributed by atoms with Gasteiger partial charge in [-0.15, -0.1) is 0 Å². The van der Waals surface area contributed by atoms with Crippen molar-refractivity contribution in [2.75, 3.05) is 0 Å². The molecule has 0 aliphatic rings. The Kier molecular flexibility index (Phi) is 4.92. The molecule has 0 saturated heterocycles. The second kappa shape index (κ2) is 7.83. The number of primary amides is 1. The number of nitrogens with zero attached hydrogens (tertiary/aromatic N) is 5.